The van der Waals surface area contributed by atoms with Gasteiger partial charge in [-0.25, -0.2) is 19.7 Å². The summed E-state index contributed by atoms with van der Waals surface area (Å²) in [5, 5.41) is 3.22. The average Bonchev–Trinajstić information content (AvgIpc) is 3.16. The third-order valence-electron chi connectivity index (χ3n) is 4.64. The highest BCUT2D eigenvalue weighted by Gasteiger charge is 2.26. The normalized spacial score (nSPS) is 14.8. The number of halogens is 1. The molecule has 3 aromatic rings. The number of hydrogen-bond donors (Lipinski definition) is 1. The van der Waals surface area contributed by atoms with Crippen LogP contribution >= 0.6 is 15.9 Å². The van der Waals surface area contributed by atoms with E-state index in [4.69, 9.17) is 4.74 Å². The molecule has 0 radical (unpaired) electrons. The van der Waals surface area contributed by atoms with E-state index in [1.54, 1.807) is 11.1 Å². The second-order valence-electron chi connectivity index (χ2n) is 8.05. The van der Waals surface area contributed by atoms with Crippen LogP contribution in [0.5, 0.6) is 0 Å². The first kappa shape index (κ1) is 20.4. The molecule has 1 N–H and O–H groups in total. The fraction of sp³-hybridized carbons (Fsp3) is 0.400. The van der Waals surface area contributed by atoms with Crippen LogP contribution in [-0.4, -0.2) is 62.1 Å². The predicted molar refractivity (Wildman–Crippen MR) is 118 cm³/mol. The molecule has 0 bridgehead atoms. The standard InChI is InChI=1S/C20H24BrN7O2/c1-20(2,3)30-19(29)27-10-8-26(9-11-27)14-4-5-16(23-12-14)25-17-18-22-6-7-28(18)13-15(21)24-17/h4-7,12-13H,8-11H2,1-3H3,(H,23,24,25). The van der Waals surface area contributed by atoms with Crippen LogP contribution in [0.4, 0.5) is 22.1 Å². The molecule has 30 heavy (non-hydrogen) atoms. The van der Waals surface area contributed by atoms with E-state index >= 15 is 0 Å². The van der Waals surface area contributed by atoms with Gasteiger partial charge in [0.1, 0.15) is 16.0 Å². The van der Waals surface area contributed by atoms with Gasteiger partial charge in [-0.15, -0.1) is 0 Å². The molecular weight excluding hydrogens is 450 g/mol. The van der Waals surface area contributed by atoms with Gasteiger partial charge in [0.05, 0.1) is 11.9 Å². The van der Waals surface area contributed by atoms with E-state index in [9.17, 15) is 4.79 Å². The minimum atomic E-state index is -0.480. The van der Waals surface area contributed by atoms with Gasteiger partial charge in [0.15, 0.2) is 11.5 Å². The van der Waals surface area contributed by atoms with E-state index in [1.165, 1.54) is 0 Å². The molecule has 1 aliphatic rings. The van der Waals surface area contributed by atoms with Gasteiger partial charge in [0.2, 0.25) is 0 Å². The van der Waals surface area contributed by atoms with Crippen LogP contribution in [0.2, 0.25) is 0 Å². The lowest BCUT2D eigenvalue weighted by Crippen LogP contribution is -2.50. The first-order valence-corrected chi connectivity index (χ1v) is 10.5. The first-order chi connectivity index (χ1) is 14.3. The van der Waals surface area contributed by atoms with Gasteiger partial charge in [0.25, 0.3) is 0 Å². The molecule has 1 saturated heterocycles. The van der Waals surface area contributed by atoms with Crippen LogP contribution in [0.3, 0.4) is 0 Å². The van der Waals surface area contributed by atoms with Crippen LogP contribution < -0.4 is 10.2 Å². The number of amides is 1. The van der Waals surface area contributed by atoms with Crippen LogP contribution in [-0.2, 0) is 4.74 Å². The molecule has 0 saturated carbocycles. The van der Waals surface area contributed by atoms with Gasteiger partial charge in [-0.3, -0.25) is 0 Å². The number of fused-ring (bicyclic) bond motifs is 1. The molecule has 9 nitrogen and oxygen atoms in total. The van der Waals surface area contributed by atoms with Crippen molar-refractivity contribution in [1.29, 1.82) is 0 Å². The van der Waals surface area contributed by atoms with Crippen LogP contribution in [0.1, 0.15) is 20.8 Å². The average molecular weight is 474 g/mol. The number of anilines is 3. The summed E-state index contributed by atoms with van der Waals surface area (Å²) < 4.78 is 8.05. The number of hydrogen-bond acceptors (Lipinski definition) is 7. The Morgan fingerprint density at radius 2 is 1.93 bits per heavy atom. The molecule has 1 fully saturated rings. The second kappa shape index (κ2) is 8.10. The highest BCUT2D eigenvalue weighted by molar-refractivity contribution is 9.10. The van der Waals surface area contributed by atoms with Crippen LogP contribution in [0.15, 0.2) is 41.5 Å². The van der Waals surface area contributed by atoms with E-state index in [-0.39, 0.29) is 6.09 Å². The Morgan fingerprint density at radius 3 is 2.60 bits per heavy atom. The SMILES string of the molecule is CC(C)(C)OC(=O)N1CCN(c2ccc(Nc3nc(Br)cn4ccnc34)nc2)CC1. The molecule has 3 aromatic heterocycles. The fourth-order valence-corrected chi connectivity index (χ4v) is 3.62. The summed E-state index contributed by atoms with van der Waals surface area (Å²) in [7, 11) is 0. The van der Waals surface area contributed by atoms with Crippen LogP contribution in [0.25, 0.3) is 5.65 Å². The van der Waals surface area contributed by atoms with E-state index < -0.39 is 5.60 Å². The number of carbonyl (C=O) groups excluding carboxylic acids is 1. The monoisotopic (exact) mass is 473 g/mol. The lowest BCUT2D eigenvalue weighted by Gasteiger charge is -2.36. The maximum absolute atomic E-state index is 12.2. The van der Waals surface area contributed by atoms with Crippen molar-refractivity contribution in [3.05, 3.63) is 41.5 Å². The molecule has 0 spiro atoms. The minimum Gasteiger partial charge on any atom is -0.444 e. The zero-order chi connectivity index (χ0) is 21.3. The number of imidazole rings is 1. The number of ether oxygens (including phenoxy) is 1. The minimum absolute atomic E-state index is 0.258. The van der Waals surface area contributed by atoms with Gasteiger partial charge in [-0.2, -0.15) is 0 Å². The summed E-state index contributed by atoms with van der Waals surface area (Å²) in [5.41, 5.74) is 1.26. The van der Waals surface area contributed by atoms with Crippen molar-refractivity contribution in [1.82, 2.24) is 24.3 Å². The quantitative estimate of drug-likeness (QED) is 0.620. The molecule has 0 aromatic carbocycles. The molecule has 0 atom stereocenters. The predicted octanol–water partition coefficient (Wildman–Crippen LogP) is 3.69. The molecule has 10 heteroatoms. The molecule has 158 valence electrons. The van der Waals surface area contributed by atoms with Crippen molar-refractivity contribution < 1.29 is 9.53 Å². The topological polar surface area (TPSA) is 87.9 Å². The van der Waals surface area contributed by atoms with Crippen LogP contribution in [0, 0.1) is 0 Å². The number of rotatable bonds is 3. The maximum Gasteiger partial charge on any atom is 0.410 e. The zero-order valence-electron chi connectivity index (χ0n) is 17.2. The van der Waals surface area contributed by atoms with Crippen molar-refractivity contribution in [3.8, 4) is 0 Å². The van der Waals surface area contributed by atoms with E-state index in [2.05, 4.69) is 41.1 Å². The summed E-state index contributed by atoms with van der Waals surface area (Å²) in [5.74, 6) is 1.31. The lowest BCUT2D eigenvalue weighted by atomic mass is 10.2. The third kappa shape index (κ3) is 4.64. The Morgan fingerprint density at radius 1 is 1.17 bits per heavy atom. The molecule has 4 rings (SSSR count). The van der Waals surface area contributed by atoms with Gasteiger partial charge >= 0.3 is 6.09 Å². The third-order valence-corrected chi connectivity index (χ3v) is 5.02. The number of nitrogens with zero attached hydrogens (tertiary/aromatic N) is 6. The summed E-state index contributed by atoms with van der Waals surface area (Å²) in [6.07, 6.45) is 7.00. The van der Waals surface area contributed by atoms with Crippen molar-refractivity contribution in [2.75, 3.05) is 36.4 Å². The number of nitrogens with one attached hydrogen (secondary N) is 1. The lowest BCUT2D eigenvalue weighted by molar-refractivity contribution is 0.0240. The van der Waals surface area contributed by atoms with Gasteiger partial charge in [-0.1, -0.05) is 0 Å². The second-order valence-corrected chi connectivity index (χ2v) is 8.86. The fourth-order valence-electron chi connectivity index (χ4n) is 3.23. The zero-order valence-corrected chi connectivity index (χ0v) is 18.8. The Hall–Kier alpha value is -2.88. The summed E-state index contributed by atoms with van der Waals surface area (Å²) in [4.78, 5) is 29.5. The Bertz CT molecular complexity index is 1040. The van der Waals surface area contributed by atoms with Gasteiger partial charge in [-0.05, 0) is 48.8 Å². The molecule has 4 heterocycles. The number of aromatic nitrogens is 4. The van der Waals surface area contributed by atoms with E-state index in [0.29, 0.717) is 29.3 Å². The maximum atomic E-state index is 12.2. The Labute approximate surface area is 183 Å². The summed E-state index contributed by atoms with van der Waals surface area (Å²) in [6, 6.07) is 3.93. The highest BCUT2D eigenvalue weighted by Crippen LogP contribution is 2.23. The number of piperazine rings is 1. The molecular formula is C20H24BrN7O2. The number of carbonyl (C=O) groups is 1. The van der Waals surface area contributed by atoms with Gasteiger partial charge in [0, 0.05) is 44.8 Å². The largest absolute Gasteiger partial charge is 0.444 e. The summed E-state index contributed by atoms with van der Waals surface area (Å²) in [6.45, 7) is 8.34. The van der Waals surface area contributed by atoms with E-state index in [0.717, 1.165) is 24.4 Å². The molecule has 0 aliphatic carbocycles. The van der Waals surface area contributed by atoms with Crippen molar-refractivity contribution >= 4 is 45.0 Å². The molecule has 1 amide bonds. The smallest absolute Gasteiger partial charge is 0.410 e. The molecule has 0 unspecified atom stereocenters. The Kier molecular flexibility index (Phi) is 5.50. The van der Waals surface area contributed by atoms with Crippen molar-refractivity contribution in [3.63, 3.8) is 0 Å². The van der Waals surface area contributed by atoms with Crippen molar-refractivity contribution in [2.45, 2.75) is 26.4 Å². The van der Waals surface area contributed by atoms with Gasteiger partial charge < -0.3 is 24.3 Å². The van der Waals surface area contributed by atoms with E-state index in [1.807, 2.05) is 55.9 Å². The Balaban J connectivity index is 1.39. The summed E-state index contributed by atoms with van der Waals surface area (Å²) >= 11 is 3.41. The van der Waals surface area contributed by atoms with Crippen molar-refractivity contribution in [2.24, 2.45) is 0 Å². The first-order valence-electron chi connectivity index (χ1n) is 9.74. The molecule has 1 aliphatic heterocycles. The highest BCUT2D eigenvalue weighted by atomic mass is 79.9. The number of pyridine rings is 1.